The van der Waals surface area contributed by atoms with Gasteiger partial charge in [-0.1, -0.05) is 60.7 Å². The van der Waals surface area contributed by atoms with Crippen LogP contribution in [0.5, 0.6) is 0 Å². The van der Waals surface area contributed by atoms with Gasteiger partial charge in [0.15, 0.2) is 0 Å². The topological polar surface area (TPSA) is 78.9 Å². The van der Waals surface area contributed by atoms with Crippen molar-refractivity contribution in [3.05, 3.63) is 129 Å². The number of fused-ring (bicyclic) bond motifs is 1. The van der Waals surface area contributed by atoms with Crippen molar-refractivity contribution in [1.29, 1.82) is 0 Å². The molecule has 0 aliphatic rings. The summed E-state index contributed by atoms with van der Waals surface area (Å²) in [7, 11) is 0. The Morgan fingerprint density at radius 2 is 1.53 bits per heavy atom. The van der Waals surface area contributed by atoms with Crippen molar-refractivity contribution in [1.82, 2.24) is 18.9 Å². The lowest BCUT2D eigenvalue weighted by atomic mass is 10.0. The second-order valence-corrected chi connectivity index (χ2v) is 7.30. The summed E-state index contributed by atoms with van der Waals surface area (Å²) < 4.78 is 3.10. The van der Waals surface area contributed by atoms with E-state index in [0.717, 1.165) is 19.3 Å². The van der Waals surface area contributed by atoms with Gasteiger partial charge in [0, 0.05) is 18.0 Å². The van der Waals surface area contributed by atoms with Gasteiger partial charge in [0.2, 0.25) is 0 Å². The first-order valence-corrected chi connectivity index (χ1v) is 10.1. The van der Waals surface area contributed by atoms with Crippen LogP contribution in [0.4, 0.5) is 0 Å². The number of nitrogens with zero attached hydrogens (tertiary/aromatic N) is 4. The third-order valence-corrected chi connectivity index (χ3v) is 5.31. The smallest absolute Gasteiger partial charge is 0.267 e. The molecule has 0 radical (unpaired) electrons. The standard InChI is InChI=1S/C25H18N4O3/c30-23(22-14-6-10-19-9-4-5-13-21(19)22)29-25(32)28(20-11-2-1-3-12-20)24(31)27(29)17-18-8-7-15-26-16-18/h1-16H,17H2. The molecule has 2 aromatic heterocycles. The Balaban J connectivity index is 1.76. The number of para-hydroxylation sites is 1. The van der Waals surface area contributed by atoms with Crippen molar-refractivity contribution in [3.63, 3.8) is 0 Å². The average Bonchev–Trinajstić information content (AvgIpc) is 3.08. The highest BCUT2D eigenvalue weighted by Gasteiger charge is 2.24. The zero-order chi connectivity index (χ0) is 22.1. The number of pyridine rings is 1. The van der Waals surface area contributed by atoms with E-state index in [0.29, 0.717) is 22.2 Å². The first-order chi connectivity index (χ1) is 15.6. The largest absolute Gasteiger partial charge is 0.359 e. The molecule has 0 fully saturated rings. The van der Waals surface area contributed by atoms with Gasteiger partial charge in [0.25, 0.3) is 5.91 Å². The Morgan fingerprint density at radius 1 is 0.781 bits per heavy atom. The molecule has 0 spiro atoms. The summed E-state index contributed by atoms with van der Waals surface area (Å²) in [5.74, 6) is -0.567. The Hall–Kier alpha value is -4.52. The minimum absolute atomic E-state index is 0.0260. The van der Waals surface area contributed by atoms with Gasteiger partial charge in [-0.25, -0.2) is 18.8 Å². The fraction of sp³-hybridized carbons (Fsp3) is 0.0400. The van der Waals surface area contributed by atoms with Crippen molar-refractivity contribution in [2.24, 2.45) is 0 Å². The molecule has 5 rings (SSSR count). The molecule has 0 bridgehead atoms. The highest BCUT2D eigenvalue weighted by Crippen LogP contribution is 2.19. The van der Waals surface area contributed by atoms with Gasteiger partial charge in [0.1, 0.15) is 0 Å². The summed E-state index contributed by atoms with van der Waals surface area (Å²) in [6, 6.07) is 24.9. The lowest BCUT2D eigenvalue weighted by molar-refractivity contribution is 0.0924. The molecule has 7 heteroatoms. The molecule has 0 saturated carbocycles. The summed E-state index contributed by atoms with van der Waals surface area (Å²) >= 11 is 0. The Labute approximate surface area is 182 Å². The minimum Gasteiger partial charge on any atom is -0.267 e. The molecule has 3 aromatic carbocycles. The molecule has 5 aromatic rings. The van der Waals surface area contributed by atoms with Crippen LogP contribution in [-0.2, 0) is 6.54 Å². The molecular formula is C25H18N4O3. The molecule has 7 nitrogen and oxygen atoms in total. The summed E-state index contributed by atoms with van der Waals surface area (Å²) in [6.45, 7) is 0.0260. The fourth-order valence-electron chi connectivity index (χ4n) is 3.80. The number of hydrogen-bond donors (Lipinski definition) is 0. The zero-order valence-electron chi connectivity index (χ0n) is 17.0. The number of carbonyl (C=O) groups excluding carboxylic acids is 1. The van der Waals surface area contributed by atoms with Crippen LogP contribution in [0.1, 0.15) is 15.9 Å². The molecule has 0 amide bonds. The molecule has 0 saturated heterocycles. The van der Waals surface area contributed by atoms with Crippen LogP contribution in [0, 0.1) is 0 Å². The minimum atomic E-state index is -0.719. The maximum absolute atomic E-state index is 13.7. The van der Waals surface area contributed by atoms with Crippen LogP contribution < -0.4 is 11.4 Å². The first-order valence-electron chi connectivity index (χ1n) is 10.1. The molecular weight excluding hydrogens is 404 g/mol. The van der Waals surface area contributed by atoms with Gasteiger partial charge in [-0.05, 0) is 40.6 Å². The SMILES string of the molecule is O=C(c1cccc2ccccc12)n1c(=O)n(-c2ccccc2)c(=O)n1Cc1cccnc1. The van der Waals surface area contributed by atoms with Gasteiger partial charge in [-0.15, -0.1) is 0 Å². The number of benzene rings is 3. The van der Waals surface area contributed by atoms with E-state index in [-0.39, 0.29) is 6.54 Å². The van der Waals surface area contributed by atoms with Crippen molar-refractivity contribution < 1.29 is 4.79 Å². The van der Waals surface area contributed by atoms with Crippen LogP contribution in [0.2, 0.25) is 0 Å². The molecule has 2 heterocycles. The van der Waals surface area contributed by atoms with Crippen molar-refractivity contribution >= 4 is 16.7 Å². The second-order valence-electron chi connectivity index (χ2n) is 7.30. The van der Waals surface area contributed by atoms with E-state index in [4.69, 9.17) is 0 Å². The normalized spacial score (nSPS) is 11.0. The second kappa shape index (κ2) is 7.96. The van der Waals surface area contributed by atoms with Crippen LogP contribution in [0.15, 0.2) is 107 Å². The molecule has 0 atom stereocenters. The van der Waals surface area contributed by atoms with Gasteiger partial charge < -0.3 is 0 Å². The molecule has 0 N–H and O–H groups in total. The van der Waals surface area contributed by atoms with Crippen molar-refractivity contribution in [3.8, 4) is 5.69 Å². The highest BCUT2D eigenvalue weighted by molar-refractivity contribution is 6.07. The van der Waals surface area contributed by atoms with E-state index < -0.39 is 17.3 Å². The lowest BCUT2D eigenvalue weighted by Crippen LogP contribution is -2.33. The van der Waals surface area contributed by atoms with E-state index in [1.54, 1.807) is 67.0 Å². The molecule has 0 unspecified atom stereocenters. The van der Waals surface area contributed by atoms with E-state index in [1.807, 2.05) is 30.3 Å². The highest BCUT2D eigenvalue weighted by atomic mass is 16.2. The number of carbonyl (C=O) groups is 1. The number of hydrogen-bond acceptors (Lipinski definition) is 4. The quantitative estimate of drug-likeness (QED) is 0.446. The fourth-order valence-corrected chi connectivity index (χ4v) is 3.80. The number of aromatic nitrogens is 4. The lowest BCUT2D eigenvalue weighted by Gasteiger charge is -2.10. The van der Waals surface area contributed by atoms with E-state index in [2.05, 4.69) is 4.98 Å². The van der Waals surface area contributed by atoms with Crippen LogP contribution >= 0.6 is 0 Å². The van der Waals surface area contributed by atoms with E-state index >= 15 is 0 Å². The maximum atomic E-state index is 13.7. The predicted molar refractivity (Wildman–Crippen MR) is 121 cm³/mol. The van der Waals surface area contributed by atoms with Gasteiger partial charge in [0.05, 0.1) is 12.2 Å². The van der Waals surface area contributed by atoms with Crippen LogP contribution in [0.25, 0.3) is 16.5 Å². The third kappa shape index (κ3) is 3.26. The summed E-state index contributed by atoms with van der Waals surface area (Å²) in [6.07, 6.45) is 3.22. The molecule has 32 heavy (non-hydrogen) atoms. The van der Waals surface area contributed by atoms with Crippen molar-refractivity contribution in [2.45, 2.75) is 6.54 Å². The molecule has 156 valence electrons. The summed E-state index contributed by atoms with van der Waals surface area (Å²) in [5, 5.41) is 1.58. The van der Waals surface area contributed by atoms with Gasteiger partial charge in [-0.3, -0.25) is 9.78 Å². The molecule has 0 aliphatic carbocycles. The zero-order valence-corrected chi connectivity index (χ0v) is 17.0. The first kappa shape index (κ1) is 19.4. The maximum Gasteiger partial charge on any atom is 0.359 e. The van der Waals surface area contributed by atoms with Gasteiger partial charge in [-0.2, -0.15) is 4.68 Å². The third-order valence-electron chi connectivity index (χ3n) is 5.31. The molecule has 0 aliphatic heterocycles. The average molecular weight is 422 g/mol. The predicted octanol–water partition coefficient (Wildman–Crippen LogP) is 3.09. The van der Waals surface area contributed by atoms with E-state index in [1.165, 1.54) is 0 Å². The number of rotatable bonds is 4. The van der Waals surface area contributed by atoms with E-state index in [9.17, 15) is 14.4 Å². The van der Waals surface area contributed by atoms with Crippen LogP contribution in [0.3, 0.4) is 0 Å². The van der Waals surface area contributed by atoms with Crippen molar-refractivity contribution in [2.75, 3.05) is 0 Å². The Kier molecular flexibility index (Phi) is 4.84. The van der Waals surface area contributed by atoms with Crippen LogP contribution in [-0.4, -0.2) is 24.8 Å². The Morgan fingerprint density at radius 3 is 2.31 bits per heavy atom. The monoisotopic (exact) mass is 422 g/mol. The Bertz CT molecular complexity index is 1540. The summed E-state index contributed by atoms with van der Waals surface area (Å²) in [4.78, 5) is 44.5. The van der Waals surface area contributed by atoms with Gasteiger partial charge >= 0.3 is 11.4 Å². The summed E-state index contributed by atoms with van der Waals surface area (Å²) in [5.41, 5.74) is 0.114.